The normalized spacial score (nSPS) is 14.9. The van der Waals surface area contributed by atoms with Crippen LogP contribution in [0.1, 0.15) is 39.1 Å². The Morgan fingerprint density at radius 2 is 1.95 bits per heavy atom. The van der Waals surface area contributed by atoms with Crippen LogP contribution in [0.2, 0.25) is 0 Å². The first-order valence-electron chi connectivity index (χ1n) is 6.75. The zero-order valence-corrected chi connectivity index (χ0v) is 14.0. The molecule has 0 spiro atoms. The Balaban J connectivity index is 3.08. The Kier molecular flexibility index (Phi) is 5.65. The second-order valence-corrected chi connectivity index (χ2v) is 7.12. The standard InChI is InChI=1S/C14H26N4OS/c1-8-11(15)17-13(14(3,4)5)18-12(8)16-9(2)10(7-19)20-6/h9-10,19H,7H2,1-6H3,(H3,15,16,17,18). The molecule has 4 N–H and O–H groups in total. The van der Waals surface area contributed by atoms with Gasteiger partial charge in [0.15, 0.2) is 0 Å². The first-order chi connectivity index (χ1) is 9.20. The minimum atomic E-state index is -0.155. The molecule has 0 saturated heterocycles. The highest BCUT2D eigenvalue weighted by Crippen LogP contribution is 2.26. The molecule has 0 bridgehead atoms. The largest absolute Gasteiger partial charge is 0.395 e. The van der Waals surface area contributed by atoms with E-state index in [9.17, 15) is 5.11 Å². The van der Waals surface area contributed by atoms with E-state index in [-0.39, 0.29) is 23.3 Å². The van der Waals surface area contributed by atoms with Gasteiger partial charge in [-0.15, -0.1) is 0 Å². The quantitative estimate of drug-likeness (QED) is 0.773. The number of nitrogens with one attached hydrogen (secondary N) is 1. The minimum absolute atomic E-state index is 0.0934. The van der Waals surface area contributed by atoms with Crippen molar-refractivity contribution in [1.29, 1.82) is 0 Å². The predicted molar refractivity (Wildman–Crippen MR) is 87.4 cm³/mol. The molecule has 0 radical (unpaired) electrons. The average molecular weight is 298 g/mol. The van der Waals surface area contributed by atoms with E-state index in [0.29, 0.717) is 5.82 Å². The number of aliphatic hydroxyl groups excluding tert-OH is 1. The Morgan fingerprint density at radius 1 is 1.35 bits per heavy atom. The molecule has 5 nitrogen and oxygen atoms in total. The molecule has 0 aliphatic rings. The van der Waals surface area contributed by atoms with E-state index in [0.717, 1.165) is 17.2 Å². The number of hydrogen-bond donors (Lipinski definition) is 3. The van der Waals surface area contributed by atoms with E-state index in [1.54, 1.807) is 11.8 Å². The van der Waals surface area contributed by atoms with Gasteiger partial charge in [-0.1, -0.05) is 20.8 Å². The van der Waals surface area contributed by atoms with Crippen molar-refractivity contribution in [3.8, 4) is 0 Å². The van der Waals surface area contributed by atoms with E-state index in [2.05, 4.69) is 36.1 Å². The van der Waals surface area contributed by atoms with Gasteiger partial charge in [-0.3, -0.25) is 0 Å². The summed E-state index contributed by atoms with van der Waals surface area (Å²) in [7, 11) is 0. The number of hydrogen-bond acceptors (Lipinski definition) is 6. The van der Waals surface area contributed by atoms with Gasteiger partial charge in [0.1, 0.15) is 17.5 Å². The molecule has 0 fully saturated rings. The number of nitrogens with zero attached hydrogens (tertiary/aromatic N) is 2. The highest BCUT2D eigenvalue weighted by atomic mass is 32.2. The van der Waals surface area contributed by atoms with Crippen LogP contribution in [0.25, 0.3) is 0 Å². The molecular weight excluding hydrogens is 272 g/mol. The number of rotatable bonds is 5. The van der Waals surface area contributed by atoms with Gasteiger partial charge in [0, 0.05) is 22.3 Å². The number of aliphatic hydroxyl groups is 1. The van der Waals surface area contributed by atoms with Crippen LogP contribution >= 0.6 is 11.8 Å². The van der Waals surface area contributed by atoms with E-state index < -0.39 is 0 Å². The summed E-state index contributed by atoms with van der Waals surface area (Å²) < 4.78 is 0. The molecule has 6 heteroatoms. The summed E-state index contributed by atoms with van der Waals surface area (Å²) in [5.41, 5.74) is 6.68. The summed E-state index contributed by atoms with van der Waals surface area (Å²) in [5, 5.41) is 12.8. The van der Waals surface area contributed by atoms with Gasteiger partial charge in [0.05, 0.1) is 6.61 Å². The molecule has 0 aliphatic carbocycles. The lowest BCUT2D eigenvalue weighted by atomic mass is 9.95. The van der Waals surface area contributed by atoms with Crippen LogP contribution in [0, 0.1) is 6.92 Å². The maximum absolute atomic E-state index is 9.36. The van der Waals surface area contributed by atoms with Gasteiger partial charge < -0.3 is 16.2 Å². The van der Waals surface area contributed by atoms with Crippen molar-refractivity contribution in [2.24, 2.45) is 0 Å². The summed E-state index contributed by atoms with van der Waals surface area (Å²) in [6.45, 7) is 10.2. The lowest BCUT2D eigenvalue weighted by molar-refractivity contribution is 0.288. The van der Waals surface area contributed by atoms with Crippen LogP contribution < -0.4 is 11.1 Å². The zero-order chi connectivity index (χ0) is 15.5. The van der Waals surface area contributed by atoms with E-state index in [1.165, 1.54) is 0 Å². The molecule has 2 unspecified atom stereocenters. The molecule has 2 atom stereocenters. The maximum Gasteiger partial charge on any atom is 0.138 e. The van der Waals surface area contributed by atoms with Gasteiger partial charge in [0.25, 0.3) is 0 Å². The smallest absolute Gasteiger partial charge is 0.138 e. The van der Waals surface area contributed by atoms with Crippen LogP contribution in [0.15, 0.2) is 0 Å². The molecule has 0 aromatic carbocycles. The topological polar surface area (TPSA) is 84.1 Å². The van der Waals surface area contributed by atoms with Gasteiger partial charge in [-0.2, -0.15) is 11.8 Å². The van der Waals surface area contributed by atoms with Crippen molar-refractivity contribution in [3.05, 3.63) is 11.4 Å². The maximum atomic E-state index is 9.36. The zero-order valence-electron chi connectivity index (χ0n) is 13.2. The summed E-state index contributed by atoms with van der Waals surface area (Å²) in [6.07, 6.45) is 1.99. The fourth-order valence-corrected chi connectivity index (χ4v) is 2.38. The molecule has 0 aliphatic heterocycles. The molecule has 1 aromatic rings. The molecule has 0 saturated carbocycles. The van der Waals surface area contributed by atoms with Crippen molar-refractivity contribution in [2.75, 3.05) is 23.9 Å². The molecule has 1 rings (SSSR count). The molecule has 20 heavy (non-hydrogen) atoms. The van der Waals surface area contributed by atoms with Crippen molar-refractivity contribution < 1.29 is 5.11 Å². The molecule has 0 amide bonds. The van der Waals surface area contributed by atoms with Gasteiger partial charge in [-0.05, 0) is 20.1 Å². The molecular formula is C14H26N4OS. The lowest BCUT2D eigenvalue weighted by Gasteiger charge is -2.25. The summed E-state index contributed by atoms with van der Waals surface area (Å²) in [5.74, 6) is 1.98. The number of anilines is 2. The molecule has 1 aromatic heterocycles. The van der Waals surface area contributed by atoms with E-state index in [4.69, 9.17) is 5.73 Å². The number of nitrogens with two attached hydrogens (primary N) is 1. The Bertz CT molecular complexity index is 455. The van der Waals surface area contributed by atoms with Crippen LogP contribution in [-0.4, -0.2) is 39.2 Å². The van der Waals surface area contributed by atoms with E-state index >= 15 is 0 Å². The Hall–Kier alpha value is -1.01. The number of thioether (sulfide) groups is 1. The van der Waals surface area contributed by atoms with Crippen molar-refractivity contribution >= 4 is 23.4 Å². The summed E-state index contributed by atoms with van der Waals surface area (Å²) in [4.78, 5) is 8.97. The lowest BCUT2D eigenvalue weighted by Crippen LogP contribution is -2.32. The fourth-order valence-electron chi connectivity index (χ4n) is 1.76. The average Bonchev–Trinajstić information content (AvgIpc) is 2.34. The second kappa shape index (κ2) is 6.63. The van der Waals surface area contributed by atoms with Crippen molar-refractivity contribution in [2.45, 2.75) is 51.3 Å². The highest BCUT2D eigenvalue weighted by molar-refractivity contribution is 7.99. The van der Waals surface area contributed by atoms with Crippen LogP contribution in [0.3, 0.4) is 0 Å². The predicted octanol–water partition coefficient (Wildman–Crippen LogP) is 2.19. The van der Waals surface area contributed by atoms with E-state index in [1.807, 2.05) is 20.1 Å². The van der Waals surface area contributed by atoms with Crippen molar-refractivity contribution in [1.82, 2.24) is 9.97 Å². The van der Waals surface area contributed by atoms with Crippen LogP contribution in [0.5, 0.6) is 0 Å². The van der Waals surface area contributed by atoms with Gasteiger partial charge >= 0.3 is 0 Å². The first-order valence-corrected chi connectivity index (χ1v) is 8.04. The minimum Gasteiger partial charge on any atom is -0.395 e. The van der Waals surface area contributed by atoms with Gasteiger partial charge in [-0.25, -0.2) is 9.97 Å². The highest BCUT2D eigenvalue weighted by Gasteiger charge is 2.22. The molecule has 114 valence electrons. The Labute approximate surface area is 125 Å². The third kappa shape index (κ3) is 3.99. The second-order valence-electron chi connectivity index (χ2n) is 6.05. The van der Waals surface area contributed by atoms with Gasteiger partial charge in [0.2, 0.25) is 0 Å². The SMILES string of the molecule is CSC(CO)C(C)Nc1nc(C(C)(C)C)nc(N)c1C. The summed E-state index contributed by atoms with van der Waals surface area (Å²) in [6, 6.07) is 0.0934. The Morgan fingerprint density at radius 3 is 2.40 bits per heavy atom. The fraction of sp³-hybridized carbons (Fsp3) is 0.714. The van der Waals surface area contributed by atoms with Crippen molar-refractivity contribution in [3.63, 3.8) is 0 Å². The molecule has 1 heterocycles. The number of aromatic nitrogens is 2. The third-order valence-corrected chi connectivity index (χ3v) is 4.42. The van der Waals surface area contributed by atoms with Crippen LogP contribution in [-0.2, 0) is 5.41 Å². The summed E-state index contributed by atoms with van der Waals surface area (Å²) >= 11 is 1.63. The first kappa shape index (κ1) is 17.0. The number of nitrogen functional groups attached to an aromatic ring is 1. The monoisotopic (exact) mass is 298 g/mol. The van der Waals surface area contributed by atoms with Crippen LogP contribution in [0.4, 0.5) is 11.6 Å². The third-order valence-electron chi connectivity index (χ3n) is 3.26.